The zero-order valence-corrected chi connectivity index (χ0v) is 9.38. The van der Waals surface area contributed by atoms with Gasteiger partial charge >= 0.3 is 0 Å². The quantitative estimate of drug-likeness (QED) is 0.757. The van der Waals surface area contributed by atoms with E-state index in [0.717, 1.165) is 17.9 Å². The van der Waals surface area contributed by atoms with E-state index in [1.165, 1.54) is 11.8 Å². The molecule has 0 aliphatic rings. The minimum absolute atomic E-state index is 0.160. The van der Waals surface area contributed by atoms with E-state index < -0.39 is 0 Å². The molecule has 14 heavy (non-hydrogen) atoms. The van der Waals surface area contributed by atoms with E-state index in [-0.39, 0.29) is 5.12 Å². The predicted molar refractivity (Wildman–Crippen MR) is 61.8 cm³/mol. The fourth-order valence-electron chi connectivity index (χ4n) is 0.978. The summed E-state index contributed by atoms with van der Waals surface area (Å²) >= 11 is 1.38. The van der Waals surface area contributed by atoms with Gasteiger partial charge in [-0.15, -0.1) is 0 Å². The molecule has 0 heterocycles. The molecule has 1 aromatic rings. The van der Waals surface area contributed by atoms with Crippen LogP contribution in [-0.2, 0) is 0 Å². The number of hydrogen-bond donors (Lipinski definition) is 0. The molecule has 76 valence electrons. The molecule has 0 spiro atoms. The Kier molecular flexibility index (Phi) is 4.70. The third-order valence-electron chi connectivity index (χ3n) is 1.78. The summed E-state index contributed by atoms with van der Waals surface area (Å²) in [5, 5.41) is 0.160. The van der Waals surface area contributed by atoms with Crippen molar-refractivity contribution in [2.75, 3.05) is 26.4 Å². The molecular weight excluding hydrogens is 194 g/mol. The Morgan fingerprint density at radius 2 is 1.93 bits per heavy atom. The highest BCUT2D eigenvalue weighted by Crippen LogP contribution is 2.11. The Hall–Kier alpha value is -0.800. The first-order chi connectivity index (χ1) is 6.70. The molecule has 3 heteroatoms. The smallest absolute Gasteiger partial charge is 0.219 e. The summed E-state index contributed by atoms with van der Waals surface area (Å²) in [6, 6.07) is 9.40. The third kappa shape index (κ3) is 3.94. The van der Waals surface area contributed by atoms with Gasteiger partial charge < -0.3 is 4.90 Å². The van der Waals surface area contributed by atoms with Gasteiger partial charge in [0.25, 0.3) is 0 Å². The van der Waals surface area contributed by atoms with Gasteiger partial charge in [0.15, 0.2) is 0 Å². The van der Waals surface area contributed by atoms with Gasteiger partial charge in [0, 0.05) is 17.9 Å². The minimum Gasteiger partial charge on any atom is -0.309 e. The number of carbonyl (C=O) groups excluding carboxylic acids is 1. The van der Waals surface area contributed by atoms with Crippen LogP contribution in [0.1, 0.15) is 10.4 Å². The van der Waals surface area contributed by atoms with Crippen LogP contribution in [0.4, 0.5) is 0 Å². The fourth-order valence-corrected chi connectivity index (χ4v) is 1.92. The first-order valence-electron chi connectivity index (χ1n) is 4.57. The topological polar surface area (TPSA) is 20.3 Å². The summed E-state index contributed by atoms with van der Waals surface area (Å²) in [5.74, 6) is 0.848. The van der Waals surface area contributed by atoms with Crippen LogP contribution in [0.15, 0.2) is 30.3 Å². The van der Waals surface area contributed by atoms with Crippen LogP contribution in [0.2, 0.25) is 0 Å². The number of rotatable bonds is 4. The number of hydrogen-bond acceptors (Lipinski definition) is 3. The lowest BCUT2D eigenvalue weighted by molar-refractivity contribution is 0.108. The van der Waals surface area contributed by atoms with Gasteiger partial charge in [0.1, 0.15) is 0 Å². The second-order valence-electron chi connectivity index (χ2n) is 3.31. The average molecular weight is 209 g/mol. The Morgan fingerprint density at radius 3 is 2.50 bits per heavy atom. The molecule has 0 aliphatic heterocycles. The lowest BCUT2D eigenvalue weighted by Gasteiger charge is -2.07. The maximum Gasteiger partial charge on any atom is 0.219 e. The molecule has 0 aromatic heterocycles. The maximum atomic E-state index is 11.6. The lowest BCUT2D eigenvalue weighted by Crippen LogP contribution is -2.15. The first kappa shape index (κ1) is 11.3. The SMILES string of the molecule is CN(C)CCSC(=O)c1ccccc1. The van der Waals surface area contributed by atoms with Gasteiger partial charge in [-0.3, -0.25) is 4.79 Å². The van der Waals surface area contributed by atoms with Crippen molar-refractivity contribution < 1.29 is 4.79 Å². The molecule has 0 aliphatic carbocycles. The molecule has 0 fully saturated rings. The van der Waals surface area contributed by atoms with Crippen LogP contribution in [0.25, 0.3) is 0 Å². The van der Waals surface area contributed by atoms with E-state index in [1.54, 1.807) is 0 Å². The van der Waals surface area contributed by atoms with Crippen molar-refractivity contribution in [3.8, 4) is 0 Å². The summed E-state index contributed by atoms with van der Waals surface area (Å²) in [7, 11) is 4.01. The van der Waals surface area contributed by atoms with Gasteiger partial charge in [0.2, 0.25) is 5.12 Å². The fraction of sp³-hybridized carbons (Fsp3) is 0.364. The summed E-state index contributed by atoms with van der Waals surface area (Å²) in [4.78, 5) is 13.6. The summed E-state index contributed by atoms with van der Waals surface area (Å²) in [5.41, 5.74) is 0.788. The molecule has 0 N–H and O–H groups in total. The second kappa shape index (κ2) is 5.83. The Labute approximate surface area is 89.3 Å². The number of thioether (sulfide) groups is 1. The molecule has 1 rings (SSSR count). The zero-order valence-electron chi connectivity index (χ0n) is 8.56. The monoisotopic (exact) mass is 209 g/mol. The molecule has 0 atom stereocenters. The van der Waals surface area contributed by atoms with Crippen LogP contribution in [-0.4, -0.2) is 36.4 Å². The van der Waals surface area contributed by atoms with Crippen LogP contribution >= 0.6 is 11.8 Å². The van der Waals surface area contributed by atoms with E-state index in [4.69, 9.17) is 0 Å². The van der Waals surface area contributed by atoms with E-state index in [9.17, 15) is 4.79 Å². The van der Waals surface area contributed by atoms with Gasteiger partial charge in [0.05, 0.1) is 0 Å². The van der Waals surface area contributed by atoms with Gasteiger partial charge in [-0.2, -0.15) is 0 Å². The molecule has 0 bridgehead atoms. The van der Waals surface area contributed by atoms with Crippen molar-refractivity contribution in [1.82, 2.24) is 4.90 Å². The number of carbonyl (C=O) groups is 1. The van der Waals surface area contributed by atoms with Crippen molar-refractivity contribution in [2.45, 2.75) is 0 Å². The highest BCUT2D eigenvalue weighted by Gasteiger charge is 2.04. The van der Waals surface area contributed by atoms with E-state index in [0.29, 0.717) is 0 Å². The van der Waals surface area contributed by atoms with Gasteiger partial charge in [-0.1, -0.05) is 42.1 Å². The van der Waals surface area contributed by atoms with Crippen molar-refractivity contribution in [3.05, 3.63) is 35.9 Å². The molecule has 0 unspecified atom stereocenters. The minimum atomic E-state index is 0.160. The number of benzene rings is 1. The van der Waals surface area contributed by atoms with Crippen LogP contribution in [0.3, 0.4) is 0 Å². The van der Waals surface area contributed by atoms with Crippen molar-refractivity contribution in [3.63, 3.8) is 0 Å². The summed E-state index contributed by atoms with van der Waals surface area (Å²) in [6.45, 7) is 0.934. The predicted octanol–water partition coefficient (Wildman–Crippen LogP) is 2.12. The molecule has 2 nitrogen and oxygen atoms in total. The van der Waals surface area contributed by atoms with Crippen LogP contribution < -0.4 is 0 Å². The van der Waals surface area contributed by atoms with Crippen LogP contribution in [0.5, 0.6) is 0 Å². The highest BCUT2D eigenvalue weighted by atomic mass is 32.2. The van der Waals surface area contributed by atoms with Crippen molar-refractivity contribution in [1.29, 1.82) is 0 Å². The van der Waals surface area contributed by atoms with Gasteiger partial charge in [-0.25, -0.2) is 0 Å². The molecule has 0 radical (unpaired) electrons. The zero-order chi connectivity index (χ0) is 10.4. The normalized spacial score (nSPS) is 10.5. The summed E-state index contributed by atoms with van der Waals surface area (Å²) < 4.78 is 0. The van der Waals surface area contributed by atoms with E-state index >= 15 is 0 Å². The standard InChI is InChI=1S/C11H15NOS/c1-12(2)8-9-14-11(13)10-6-4-3-5-7-10/h3-7H,8-9H2,1-2H3. The Morgan fingerprint density at radius 1 is 1.29 bits per heavy atom. The van der Waals surface area contributed by atoms with Crippen molar-refractivity contribution in [2.24, 2.45) is 0 Å². The summed E-state index contributed by atoms with van der Waals surface area (Å²) in [6.07, 6.45) is 0. The van der Waals surface area contributed by atoms with Gasteiger partial charge in [-0.05, 0) is 14.1 Å². The Bertz CT molecular complexity index is 285. The Balaban J connectivity index is 2.36. The molecule has 0 saturated carbocycles. The lowest BCUT2D eigenvalue weighted by atomic mass is 10.2. The van der Waals surface area contributed by atoms with Crippen LogP contribution in [0, 0.1) is 0 Å². The first-order valence-corrected chi connectivity index (χ1v) is 5.55. The molecule has 0 amide bonds. The molecular formula is C11H15NOS. The molecule has 1 aromatic carbocycles. The average Bonchev–Trinajstić information content (AvgIpc) is 2.18. The van der Waals surface area contributed by atoms with E-state index in [1.807, 2.05) is 44.4 Å². The van der Waals surface area contributed by atoms with Crippen molar-refractivity contribution >= 4 is 16.9 Å². The highest BCUT2D eigenvalue weighted by molar-refractivity contribution is 8.14. The largest absolute Gasteiger partial charge is 0.309 e. The van der Waals surface area contributed by atoms with E-state index in [2.05, 4.69) is 4.90 Å². The number of nitrogens with zero attached hydrogens (tertiary/aromatic N) is 1. The molecule has 0 saturated heterocycles. The third-order valence-corrected chi connectivity index (χ3v) is 2.67. The second-order valence-corrected chi connectivity index (χ2v) is 4.37. The maximum absolute atomic E-state index is 11.6.